The average molecular weight is 193 g/mol. The highest BCUT2D eigenvalue weighted by Gasteiger charge is 2.03. The normalized spacial score (nSPS) is 10.3. The van der Waals surface area contributed by atoms with Gasteiger partial charge in [0.15, 0.2) is 0 Å². The van der Waals surface area contributed by atoms with Crippen molar-refractivity contribution in [1.29, 1.82) is 0 Å². The molecule has 0 unspecified atom stereocenters. The van der Waals surface area contributed by atoms with Gasteiger partial charge in [0.2, 0.25) is 0 Å². The summed E-state index contributed by atoms with van der Waals surface area (Å²) in [4.78, 5) is 0. The van der Waals surface area contributed by atoms with Crippen LogP contribution in [0.4, 0.5) is 0 Å². The highest BCUT2D eigenvalue weighted by atomic mass is 16.5. The van der Waals surface area contributed by atoms with Crippen LogP contribution in [0.2, 0.25) is 0 Å². The molecule has 1 aromatic carbocycles. The molecule has 2 heteroatoms. The molecule has 0 aromatic heterocycles. The van der Waals surface area contributed by atoms with E-state index >= 15 is 0 Å². The van der Waals surface area contributed by atoms with E-state index in [1.165, 1.54) is 16.7 Å². The van der Waals surface area contributed by atoms with Gasteiger partial charge < -0.3 is 10.5 Å². The number of hydrogen-bond donors (Lipinski definition) is 1. The Kier molecular flexibility index (Phi) is 3.96. The average Bonchev–Trinajstić information content (AvgIpc) is 2.18. The van der Waals surface area contributed by atoms with Crippen molar-refractivity contribution in [2.24, 2.45) is 5.73 Å². The summed E-state index contributed by atoms with van der Waals surface area (Å²) in [5, 5.41) is 0. The van der Waals surface area contributed by atoms with Gasteiger partial charge >= 0.3 is 0 Å². The van der Waals surface area contributed by atoms with Gasteiger partial charge in [0.1, 0.15) is 5.75 Å². The third-order valence-electron chi connectivity index (χ3n) is 2.50. The van der Waals surface area contributed by atoms with Crippen molar-refractivity contribution < 1.29 is 4.74 Å². The predicted molar refractivity (Wildman–Crippen MR) is 59.8 cm³/mol. The molecule has 1 rings (SSSR count). The van der Waals surface area contributed by atoms with E-state index in [1.807, 2.05) is 0 Å². The highest BCUT2D eigenvalue weighted by Crippen LogP contribution is 2.23. The van der Waals surface area contributed by atoms with Gasteiger partial charge in [-0.1, -0.05) is 6.07 Å². The fourth-order valence-corrected chi connectivity index (χ4v) is 1.63. The molecule has 78 valence electrons. The van der Waals surface area contributed by atoms with E-state index in [0.717, 1.165) is 25.1 Å². The van der Waals surface area contributed by atoms with Crippen LogP contribution < -0.4 is 10.5 Å². The minimum atomic E-state index is 0.754. The number of methoxy groups -OCH3 is 1. The fraction of sp³-hybridized carbons (Fsp3) is 0.500. The van der Waals surface area contributed by atoms with Crippen LogP contribution in [0.3, 0.4) is 0 Å². The van der Waals surface area contributed by atoms with E-state index in [0.29, 0.717) is 0 Å². The molecular weight excluding hydrogens is 174 g/mol. The summed E-state index contributed by atoms with van der Waals surface area (Å²) < 4.78 is 5.26. The summed E-state index contributed by atoms with van der Waals surface area (Å²) in [5.74, 6) is 0.971. The van der Waals surface area contributed by atoms with Gasteiger partial charge in [-0.05, 0) is 56.0 Å². The molecule has 0 heterocycles. The van der Waals surface area contributed by atoms with Crippen LogP contribution in [0, 0.1) is 13.8 Å². The lowest BCUT2D eigenvalue weighted by Crippen LogP contribution is -2.02. The van der Waals surface area contributed by atoms with Gasteiger partial charge in [-0.25, -0.2) is 0 Å². The third-order valence-corrected chi connectivity index (χ3v) is 2.50. The summed E-state index contributed by atoms with van der Waals surface area (Å²) in [6.07, 6.45) is 2.11. The Balaban J connectivity index is 2.90. The van der Waals surface area contributed by atoms with Gasteiger partial charge in [-0.15, -0.1) is 0 Å². The van der Waals surface area contributed by atoms with Crippen LogP contribution in [0.15, 0.2) is 12.1 Å². The number of aryl methyl sites for hydroxylation is 3. The first kappa shape index (κ1) is 11.1. The van der Waals surface area contributed by atoms with Gasteiger partial charge in [-0.3, -0.25) is 0 Å². The topological polar surface area (TPSA) is 35.2 Å². The van der Waals surface area contributed by atoms with Crippen LogP contribution in [0.25, 0.3) is 0 Å². The minimum Gasteiger partial charge on any atom is -0.496 e. The van der Waals surface area contributed by atoms with Crippen molar-refractivity contribution in [3.8, 4) is 5.75 Å². The zero-order valence-corrected chi connectivity index (χ0v) is 9.26. The minimum absolute atomic E-state index is 0.754. The summed E-state index contributed by atoms with van der Waals surface area (Å²) >= 11 is 0. The second-order valence-corrected chi connectivity index (χ2v) is 3.64. The maximum atomic E-state index is 5.50. The Morgan fingerprint density at radius 3 is 2.50 bits per heavy atom. The van der Waals surface area contributed by atoms with Crippen LogP contribution in [-0.4, -0.2) is 13.7 Å². The molecule has 0 fully saturated rings. The lowest BCUT2D eigenvalue weighted by Gasteiger charge is -2.10. The zero-order valence-electron chi connectivity index (χ0n) is 9.26. The Bertz CT molecular complexity index is 307. The molecule has 0 radical (unpaired) electrons. The summed E-state index contributed by atoms with van der Waals surface area (Å²) in [6.45, 7) is 4.95. The maximum absolute atomic E-state index is 5.50. The van der Waals surface area contributed by atoms with E-state index < -0.39 is 0 Å². The Morgan fingerprint density at radius 2 is 1.93 bits per heavy atom. The zero-order chi connectivity index (χ0) is 10.6. The first-order valence-corrected chi connectivity index (χ1v) is 5.03. The first-order chi connectivity index (χ1) is 6.69. The quantitative estimate of drug-likeness (QED) is 0.795. The molecule has 0 atom stereocenters. The van der Waals surface area contributed by atoms with E-state index in [-0.39, 0.29) is 0 Å². The van der Waals surface area contributed by atoms with Crippen molar-refractivity contribution >= 4 is 0 Å². The highest BCUT2D eigenvalue weighted by molar-refractivity contribution is 5.41. The van der Waals surface area contributed by atoms with Crippen LogP contribution in [-0.2, 0) is 6.42 Å². The molecule has 0 aliphatic rings. The standard InChI is InChI=1S/C12H19NO/c1-9-8-12(14-3)10(2)7-11(9)5-4-6-13/h7-8H,4-6,13H2,1-3H3. The number of nitrogens with two attached hydrogens (primary N) is 1. The molecule has 0 aliphatic carbocycles. The molecule has 0 spiro atoms. The van der Waals surface area contributed by atoms with Crippen molar-refractivity contribution in [3.05, 3.63) is 28.8 Å². The van der Waals surface area contributed by atoms with Crippen LogP contribution >= 0.6 is 0 Å². The Morgan fingerprint density at radius 1 is 1.21 bits per heavy atom. The fourth-order valence-electron chi connectivity index (χ4n) is 1.63. The van der Waals surface area contributed by atoms with E-state index in [9.17, 15) is 0 Å². The Labute approximate surface area is 86.1 Å². The molecule has 0 saturated carbocycles. The summed E-state index contributed by atoms with van der Waals surface area (Å²) in [5.41, 5.74) is 9.37. The Hall–Kier alpha value is -1.02. The molecule has 0 saturated heterocycles. The van der Waals surface area contributed by atoms with E-state index in [1.54, 1.807) is 7.11 Å². The number of rotatable bonds is 4. The van der Waals surface area contributed by atoms with E-state index in [4.69, 9.17) is 10.5 Å². The largest absolute Gasteiger partial charge is 0.496 e. The van der Waals surface area contributed by atoms with Crippen molar-refractivity contribution in [2.45, 2.75) is 26.7 Å². The third kappa shape index (κ3) is 2.48. The van der Waals surface area contributed by atoms with Gasteiger partial charge in [0.05, 0.1) is 7.11 Å². The maximum Gasteiger partial charge on any atom is 0.122 e. The van der Waals surface area contributed by atoms with Crippen molar-refractivity contribution in [3.63, 3.8) is 0 Å². The smallest absolute Gasteiger partial charge is 0.122 e. The molecule has 2 nitrogen and oxygen atoms in total. The van der Waals surface area contributed by atoms with Crippen LogP contribution in [0.1, 0.15) is 23.1 Å². The molecule has 0 aliphatic heterocycles. The lowest BCUT2D eigenvalue weighted by atomic mass is 10.0. The SMILES string of the molecule is COc1cc(C)c(CCCN)cc1C. The molecule has 0 amide bonds. The second-order valence-electron chi connectivity index (χ2n) is 3.64. The van der Waals surface area contributed by atoms with Gasteiger partial charge in [-0.2, -0.15) is 0 Å². The molecule has 14 heavy (non-hydrogen) atoms. The molecular formula is C12H19NO. The number of ether oxygens (including phenoxy) is 1. The molecule has 0 bridgehead atoms. The number of hydrogen-bond acceptors (Lipinski definition) is 2. The molecule has 2 N–H and O–H groups in total. The summed E-state index contributed by atoms with van der Waals surface area (Å²) in [7, 11) is 1.71. The second kappa shape index (κ2) is 5.01. The van der Waals surface area contributed by atoms with Gasteiger partial charge in [0.25, 0.3) is 0 Å². The first-order valence-electron chi connectivity index (χ1n) is 5.03. The van der Waals surface area contributed by atoms with Crippen molar-refractivity contribution in [1.82, 2.24) is 0 Å². The van der Waals surface area contributed by atoms with Gasteiger partial charge in [0, 0.05) is 0 Å². The predicted octanol–water partition coefficient (Wildman–Crippen LogP) is 2.20. The van der Waals surface area contributed by atoms with Crippen molar-refractivity contribution in [2.75, 3.05) is 13.7 Å². The molecule has 1 aromatic rings. The monoisotopic (exact) mass is 193 g/mol. The van der Waals surface area contributed by atoms with E-state index in [2.05, 4.69) is 26.0 Å². The number of benzene rings is 1. The lowest BCUT2D eigenvalue weighted by molar-refractivity contribution is 0.411. The van der Waals surface area contributed by atoms with Crippen LogP contribution in [0.5, 0.6) is 5.75 Å². The summed E-state index contributed by atoms with van der Waals surface area (Å²) in [6, 6.07) is 4.30.